The molecule has 12 heteroatoms. The Morgan fingerprint density at radius 2 is 1.96 bits per heavy atom. The molecule has 1 aromatic heterocycles. The molecule has 0 radical (unpaired) electrons. The highest BCUT2D eigenvalue weighted by molar-refractivity contribution is 6.30. The highest BCUT2D eigenvalue weighted by Gasteiger charge is 2.53. The van der Waals surface area contributed by atoms with E-state index < -0.39 is 36.2 Å². The Hall–Kier alpha value is -2.24. The van der Waals surface area contributed by atoms with Crippen LogP contribution in [0.15, 0.2) is 42.4 Å². The SMILES string of the molecule is CC1(OC(F)=C(F)C(F)(F)F)COC(Cc2ncn[nH]2)(c2ccc(Cl)cc2)O1. The molecule has 2 atom stereocenters. The van der Waals surface area contributed by atoms with Crippen molar-refractivity contribution in [1.82, 2.24) is 15.2 Å². The van der Waals surface area contributed by atoms with Gasteiger partial charge in [-0.2, -0.15) is 27.1 Å². The number of nitrogens with zero attached hydrogens (tertiary/aromatic N) is 2. The summed E-state index contributed by atoms with van der Waals surface area (Å²) in [6.07, 6.45) is -4.37. The van der Waals surface area contributed by atoms with Crippen molar-refractivity contribution >= 4 is 11.6 Å². The van der Waals surface area contributed by atoms with Gasteiger partial charge in [0.1, 0.15) is 18.8 Å². The Labute approximate surface area is 160 Å². The van der Waals surface area contributed by atoms with Crippen molar-refractivity contribution in [3.63, 3.8) is 0 Å². The molecule has 1 aromatic carbocycles. The average Bonchev–Trinajstić information content (AvgIpc) is 3.23. The van der Waals surface area contributed by atoms with Crippen LogP contribution in [0.2, 0.25) is 5.02 Å². The first-order valence-electron chi connectivity index (χ1n) is 7.79. The molecule has 2 aromatic rings. The van der Waals surface area contributed by atoms with Crippen LogP contribution in [0.3, 0.4) is 0 Å². The van der Waals surface area contributed by atoms with Gasteiger partial charge in [-0.1, -0.05) is 23.7 Å². The molecule has 1 aliphatic rings. The maximum atomic E-state index is 13.7. The molecule has 0 amide bonds. The molecule has 1 fully saturated rings. The number of nitrogens with one attached hydrogen (secondary N) is 1. The second kappa shape index (κ2) is 7.30. The van der Waals surface area contributed by atoms with Gasteiger partial charge in [-0.25, -0.2) is 4.98 Å². The third kappa shape index (κ3) is 4.26. The van der Waals surface area contributed by atoms with Crippen molar-refractivity contribution in [1.29, 1.82) is 0 Å². The van der Waals surface area contributed by atoms with E-state index in [1.54, 1.807) is 12.1 Å². The van der Waals surface area contributed by atoms with Crippen molar-refractivity contribution in [3.05, 3.63) is 58.8 Å². The van der Waals surface area contributed by atoms with E-state index in [1.165, 1.54) is 18.5 Å². The zero-order valence-electron chi connectivity index (χ0n) is 14.2. The van der Waals surface area contributed by atoms with E-state index in [-0.39, 0.29) is 6.42 Å². The Morgan fingerprint density at radius 3 is 2.54 bits per heavy atom. The number of halogens is 6. The molecule has 1 N–H and O–H groups in total. The predicted octanol–water partition coefficient (Wildman–Crippen LogP) is 4.30. The maximum absolute atomic E-state index is 13.7. The highest BCUT2D eigenvalue weighted by atomic mass is 35.5. The number of alkyl halides is 3. The molecule has 28 heavy (non-hydrogen) atoms. The Bertz CT molecular complexity index is 859. The van der Waals surface area contributed by atoms with E-state index in [1.807, 2.05) is 0 Å². The number of hydrogen-bond acceptors (Lipinski definition) is 5. The number of ether oxygens (including phenoxy) is 3. The normalized spacial score (nSPS) is 26.2. The fraction of sp³-hybridized carbons (Fsp3) is 0.375. The van der Waals surface area contributed by atoms with Crippen LogP contribution in [0, 0.1) is 0 Å². The van der Waals surface area contributed by atoms with E-state index >= 15 is 0 Å². The smallest absolute Gasteiger partial charge is 0.434 e. The van der Waals surface area contributed by atoms with Crippen molar-refractivity contribution in [3.8, 4) is 0 Å². The van der Waals surface area contributed by atoms with Crippen LogP contribution >= 0.6 is 11.6 Å². The van der Waals surface area contributed by atoms with Gasteiger partial charge in [0.25, 0.3) is 5.83 Å². The Balaban J connectivity index is 1.91. The summed E-state index contributed by atoms with van der Waals surface area (Å²) >= 11 is 5.87. The minimum Gasteiger partial charge on any atom is -0.434 e. The van der Waals surface area contributed by atoms with Crippen LogP contribution in [0.4, 0.5) is 22.0 Å². The Morgan fingerprint density at radius 1 is 1.29 bits per heavy atom. The fourth-order valence-corrected chi connectivity index (χ4v) is 2.75. The molecule has 3 rings (SSSR count). The molecule has 2 unspecified atom stereocenters. The molecular weight excluding hydrogens is 413 g/mol. The zero-order chi connectivity index (χ0) is 20.6. The summed E-state index contributed by atoms with van der Waals surface area (Å²) in [6, 6.07) is 3.71. The van der Waals surface area contributed by atoms with E-state index in [0.29, 0.717) is 16.4 Å². The number of hydrogen-bond donors (Lipinski definition) is 1. The zero-order valence-corrected chi connectivity index (χ0v) is 14.9. The molecule has 0 saturated carbocycles. The maximum Gasteiger partial charge on any atom is 0.449 e. The van der Waals surface area contributed by atoms with Crippen LogP contribution in [0.25, 0.3) is 0 Å². The first-order valence-corrected chi connectivity index (χ1v) is 8.17. The summed E-state index contributed by atoms with van der Waals surface area (Å²) in [5, 5.41) is 6.71. The third-order valence-corrected chi connectivity index (χ3v) is 4.08. The van der Waals surface area contributed by atoms with Gasteiger partial charge in [0.15, 0.2) is 0 Å². The van der Waals surface area contributed by atoms with Gasteiger partial charge in [0.2, 0.25) is 11.6 Å². The van der Waals surface area contributed by atoms with E-state index in [2.05, 4.69) is 19.9 Å². The predicted molar refractivity (Wildman–Crippen MR) is 85.0 cm³/mol. The average molecular weight is 426 g/mol. The largest absolute Gasteiger partial charge is 0.449 e. The van der Waals surface area contributed by atoms with Crippen molar-refractivity contribution in [2.45, 2.75) is 31.1 Å². The van der Waals surface area contributed by atoms with Crippen molar-refractivity contribution < 1.29 is 36.2 Å². The molecule has 152 valence electrons. The fourth-order valence-electron chi connectivity index (χ4n) is 2.62. The van der Waals surface area contributed by atoms with Crippen LogP contribution < -0.4 is 0 Å². The summed E-state index contributed by atoms with van der Waals surface area (Å²) in [7, 11) is 0. The summed E-state index contributed by atoms with van der Waals surface area (Å²) in [6.45, 7) is 0.622. The second-order valence-corrected chi connectivity index (χ2v) is 6.52. The van der Waals surface area contributed by atoms with E-state index in [9.17, 15) is 22.0 Å². The van der Waals surface area contributed by atoms with Gasteiger partial charge >= 0.3 is 12.2 Å². The lowest BCUT2D eigenvalue weighted by molar-refractivity contribution is -0.259. The number of allylic oxidation sites excluding steroid dienone is 1. The minimum atomic E-state index is -5.53. The van der Waals surface area contributed by atoms with Crippen LogP contribution in [-0.2, 0) is 26.4 Å². The number of aromatic nitrogens is 3. The summed E-state index contributed by atoms with van der Waals surface area (Å²) < 4.78 is 79.7. The second-order valence-electron chi connectivity index (χ2n) is 6.08. The van der Waals surface area contributed by atoms with Crippen LogP contribution in [0.5, 0.6) is 0 Å². The van der Waals surface area contributed by atoms with E-state index in [0.717, 1.165) is 6.92 Å². The quantitative estimate of drug-likeness (QED) is 0.571. The molecule has 1 saturated heterocycles. The molecule has 0 bridgehead atoms. The van der Waals surface area contributed by atoms with Crippen molar-refractivity contribution in [2.75, 3.05) is 6.61 Å². The van der Waals surface area contributed by atoms with Gasteiger partial charge in [0, 0.05) is 17.5 Å². The van der Waals surface area contributed by atoms with Crippen molar-refractivity contribution in [2.24, 2.45) is 0 Å². The number of H-pyrrole nitrogens is 1. The number of benzene rings is 1. The molecular formula is C16H13ClF5N3O3. The molecule has 6 nitrogen and oxygen atoms in total. The Kier molecular flexibility index (Phi) is 5.34. The van der Waals surface area contributed by atoms with Gasteiger partial charge in [-0.05, 0) is 12.1 Å². The van der Waals surface area contributed by atoms with Gasteiger partial charge in [-0.3, -0.25) is 5.10 Å². The highest BCUT2D eigenvalue weighted by Crippen LogP contribution is 2.44. The molecule has 0 spiro atoms. The van der Waals surface area contributed by atoms with E-state index in [4.69, 9.17) is 21.1 Å². The molecule has 2 heterocycles. The monoisotopic (exact) mass is 425 g/mol. The standard InChI is InChI=1S/C16H13ClF5N3O3/c1-14(27-13(19)12(18)16(20,21)22)7-26-15(28-14,6-11-23-8-24-25-11)9-2-4-10(17)5-3-9/h2-5,8H,6-7H2,1H3,(H,23,24,25). The number of aromatic amines is 1. The topological polar surface area (TPSA) is 69.3 Å². The molecule has 0 aliphatic carbocycles. The van der Waals surface area contributed by atoms with Gasteiger partial charge in [0.05, 0.1) is 6.42 Å². The lowest BCUT2D eigenvalue weighted by atomic mass is 10.0. The molecule has 1 aliphatic heterocycles. The van der Waals surface area contributed by atoms with Gasteiger partial charge < -0.3 is 14.2 Å². The summed E-state index contributed by atoms with van der Waals surface area (Å²) in [4.78, 5) is 3.95. The van der Waals surface area contributed by atoms with Crippen LogP contribution in [0.1, 0.15) is 18.3 Å². The summed E-state index contributed by atoms with van der Waals surface area (Å²) in [5.41, 5.74) is 0.404. The first kappa shape index (κ1) is 20.5. The third-order valence-electron chi connectivity index (χ3n) is 3.82. The summed E-state index contributed by atoms with van der Waals surface area (Å²) in [5.74, 6) is -6.35. The lowest BCUT2D eigenvalue weighted by Crippen LogP contribution is -2.37. The number of rotatable bonds is 5. The first-order chi connectivity index (χ1) is 13.0. The van der Waals surface area contributed by atoms with Gasteiger partial charge in [-0.15, -0.1) is 0 Å². The minimum absolute atomic E-state index is 0.0688. The lowest BCUT2D eigenvalue weighted by Gasteiger charge is -2.30. The van der Waals surface area contributed by atoms with Crippen LogP contribution in [-0.4, -0.2) is 33.8 Å².